The Balaban J connectivity index is 1.55. The molecule has 3 fully saturated rings. The van der Waals surface area contributed by atoms with Crippen LogP contribution in [0.5, 0.6) is 0 Å². The number of piperidine rings is 1. The predicted octanol–water partition coefficient (Wildman–Crippen LogP) is 5.34. The molecule has 13 heteroatoms. The number of ether oxygens (including phenoxy) is 2. The highest BCUT2D eigenvalue weighted by Crippen LogP contribution is 2.44. The molecule has 3 aliphatic rings. The number of alkyl halides is 3. The number of piperazine rings is 1. The number of anilines is 1. The van der Waals surface area contributed by atoms with Crippen molar-refractivity contribution in [2.45, 2.75) is 58.0 Å². The van der Waals surface area contributed by atoms with Crippen LogP contribution in [0.15, 0.2) is 22.1 Å². The smallest absolute Gasteiger partial charge is 0.419 e. The molecule has 9 nitrogen and oxygen atoms in total. The predicted molar refractivity (Wildman–Crippen MR) is 129 cm³/mol. The van der Waals surface area contributed by atoms with Crippen molar-refractivity contribution in [3.8, 4) is 10.6 Å². The van der Waals surface area contributed by atoms with Gasteiger partial charge in [-0.05, 0) is 40.2 Å². The maximum atomic E-state index is 14.3. The minimum absolute atomic E-state index is 0.0159. The third-order valence-corrected chi connectivity index (χ3v) is 6.97. The lowest BCUT2D eigenvalue weighted by Gasteiger charge is -2.55. The number of rotatable bonds is 4. The fraction of sp³-hybridized carbons (Fsp3) is 0.500. The number of aromatic nitrogens is 2. The Kier molecular flexibility index (Phi) is 6.08. The molecule has 6 rings (SSSR count). The minimum Gasteiger partial charge on any atom is -0.462 e. The van der Waals surface area contributed by atoms with E-state index in [4.69, 9.17) is 13.9 Å². The van der Waals surface area contributed by atoms with E-state index in [9.17, 15) is 22.8 Å². The lowest BCUT2D eigenvalue weighted by Crippen LogP contribution is -2.70. The van der Waals surface area contributed by atoms with Gasteiger partial charge in [0.1, 0.15) is 16.1 Å². The maximum Gasteiger partial charge on any atom is 0.419 e. The first-order valence-corrected chi connectivity index (χ1v) is 12.6. The summed E-state index contributed by atoms with van der Waals surface area (Å²) in [7, 11) is 0. The number of benzene rings is 1. The standard InChI is InChI=1S/C24H25F3N4O5S/c1-5-34-20(32)14-9-15(19-28-6-7-37-19)18-17(16(14)24(25,26)27)29-21(35-18)30-10-12-8-13(11-30)31(12)22(33)36-23(2,3)4/h6-7,9,12-13H,5,8,10-11H2,1-4H3. The van der Waals surface area contributed by atoms with Crippen LogP contribution >= 0.6 is 11.3 Å². The number of carbonyl (C=O) groups is 2. The van der Waals surface area contributed by atoms with Gasteiger partial charge in [0.2, 0.25) is 0 Å². The Labute approximate surface area is 214 Å². The summed E-state index contributed by atoms with van der Waals surface area (Å²) in [5, 5.41) is 2.05. The van der Waals surface area contributed by atoms with Gasteiger partial charge in [-0.2, -0.15) is 18.2 Å². The molecular weight excluding hydrogens is 513 g/mol. The van der Waals surface area contributed by atoms with Crippen molar-refractivity contribution in [2.75, 3.05) is 24.6 Å². The first-order valence-electron chi connectivity index (χ1n) is 11.8. The number of fused-ring (bicyclic) bond motifs is 3. The van der Waals surface area contributed by atoms with Crippen molar-refractivity contribution < 1.29 is 36.7 Å². The van der Waals surface area contributed by atoms with Gasteiger partial charge in [0.05, 0.1) is 35.4 Å². The molecule has 198 valence electrons. The second-order valence-electron chi connectivity index (χ2n) is 9.91. The average molecular weight is 539 g/mol. The van der Waals surface area contributed by atoms with Crippen molar-refractivity contribution in [1.29, 1.82) is 0 Å². The molecular formula is C24H25F3N4O5S. The highest BCUT2D eigenvalue weighted by molar-refractivity contribution is 7.13. The molecule has 1 amide bonds. The van der Waals surface area contributed by atoms with Crippen molar-refractivity contribution in [1.82, 2.24) is 14.9 Å². The third-order valence-electron chi connectivity index (χ3n) is 6.16. The molecule has 1 aromatic carbocycles. The fourth-order valence-corrected chi connectivity index (χ4v) is 5.41. The first kappa shape index (κ1) is 25.3. The van der Waals surface area contributed by atoms with E-state index < -0.39 is 40.5 Å². The van der Waals surface area contributed by atoms with Gasteiger partial charge in [-0.25, -0.2) is 14.6 Å². The van der Waals surface area contributed by atoms with Crippen molar-refractivity contribution in [3.05, 3.63) is 28.8 Å². The molecule has 3 aromatic rings. The van der Waals surface area contributed by atoms with E-state index in [0.717, 1.165) is 12.5 Å². The topological polar surface area (TPSA) is 98.0 Å². The van der Waals surface area contributed by atoms with Gasteiger partial charge in [-0.15, -0.1) is 11.3 Å². The summed E-state index contributed by atoms with van der Waals surface area (Å²) in [5.41, 5.74) is -2.89. The van der Waals surface area contributed by atoms with Crippen LogP contribution in [0.4, 0.5) is 24.0 Å². The average Bonchev–Trinajstić information content (AvgIpc) is 3.46. The molecule has 0 aliphatic carbocycles. The number of oxazole rings is 1. The van der Waals surface area contributed by atoms with E-state index in [1.807, 2.05) is 0 Å². The van der Waals surface area contributed by atoms with Gasteiger partial charge in [-0.1, -0.05) is 0 Å². The van der Waals surface area contributed by atoms with E-state index in [1.165, 1.54) is 24.5 Å². The Morgan fingerprint density at radius 2 is 1.92 bits per heavy atom. The largest absolute Gasteiger partial charge is 0.462 e. The summed E-state index contributed by atoms with van der Waals surface area (Å²) in [6.45, 7) is 7.43. The summed E-state index contributed by atoms with van der Waals surface area (Å²) in [4.78, 5) is 37.0. The Bertz CT molecular complexity index is 1340. The fourth-order valence-electron chi connectivity index (χ4n) is 4.76. The molecule has 2 atom stereocenters. The zero-order valence-corrected chi connectivity index (χ0v) is 21.4. The van der Waals surface area contributed by atoms with Gasteiger partial charge >= 0.3 is 18.2 Å². The van der Waals surface area contributed by atoms with Crippen LogP contribution in [-0.4, -0.2) is 64.3 Å². The van der Waals surface area contributed by atoms with Crippen LogP contribution in [0.1, 0.15) is 50.0 Å². The van der Waals surface area contributed by atoms with Crippen LogP contribution in [0.3, 0.4) is 0 Å². The zero-order valence-electron chi connectivity index (χ0n) is 20.6. The van der Waals surface area contributed by atoms with E-state index >= 15 is 0 Å². The van der Waals surface area contributed by atoms with Gasteiger partial charge in [-0.3, -0.25) is 4.90 Å². The van der Waals surface area contributed by atoms with Gasteiger partial charge < -0.3 is 18.8 Å². The molecule has 5 heterocycles. The number of nitrogens with zero attached hydrogens (tertiary/aromatic N) is 4. The molecule has 2 aromatic heterocycles. The number of amides is 1. The quantitative estimate of drug-likeness (QED) is 0.411. The molecule has 3 saturated heterocycles. The molecule has 0 saturated carbocycles. The lowest BCUT2D eigenvalue weighted by molar-refractivity contribution is -0.137. The number of hydrogen-bond donors (Lipinski definition) is 0. The van der Waals surface area contributed by atoms with Crippen LogP contribution in [0, 0.1) is 0 Å². The van der Waals surface area contributed by atoms with Crippen molar-refractivity contribution in [2.24, 2.45) is 0 Å². The normalized spacial score (nSPS) is 19.6. The molecule has 3 aliphatic heterocycles. The highest BCUT2D eigenvalue weighted by atomic mass is 32.1. The zero-order chi connectivity index (χ0) is 26.7. The van der Waals surface area contributed by atoms with E-state index in [-0.39, 0.29) is 35.9 Å². The molecule has 37 heavy (non-hydrogen) atoms. The summed E-state index contributed by atoms with van der Waals surface area (Å²) in [5.74, 6) is -1.11. The monoisotopic (exact) mass is 538 g/mol. The van der Waals surface area contributed by atoms with Crippen molar-refractivity contribution in [3.63, 3.8) is 0 Å². The SMILES string of the molecule is CCOC(=O)c1cc(-c2nccs2)c2oc(N3CC4CC(C3)N4C(=O)OC(C)(C)C)nc2c1C(F)(F)F. The molecule has 0 spiro atoms. The second kappa shape index (κ2) is 8.89. The van der Waals surface area contributed by atoms with Gasteiger partial charge in [0.25, 0.3) is 6.01 Å². The van der Waals surface area contributed by atoms with Crippen LogP contribution in [0.2, 0.25) is 0 Å². The van der Waals surface area contributed by atoms with Gasteiger partial charge in [0.15, 0.2) is 5.58 Å². The van der Waals surface area contributed by atoms with Crippen LogP contribution in [0.25, 0.3) is 21.7 Å². The van der Waals surface area contributed by atoms with Gasteiger partial charge in [0, 0.05) is 24.7 Å². The first-order chi connectivity index (χ1) is 17.4. The molecule has 0 N–H and O–H groups in total. The van der Waals surface area contributed by atoms with E-state index in [1.54, 1.807) is 36.0 Å². The molecule has 0 radical (unpaired) electrons. The van der Waals surface area contributed by atoms with E-state index in [2.05, 4.69) is 9.97 Å². The minimum atomic E-state index is -4.90. The third kappa shape index (κ3) is 4.60. The number of carbonyl (C=O) groups excluding carboxylic acids is 2. The molecule has 2 unspecified atom stereocenters. The Hall–Kier alpha value is -3.35. The summed E-state index contributed by atoms with van der Waals surface area (Å²) >= 11 is 1.19. The number of esters is 1. The molecule has 2 bridgehead atoms. The second-order valence-corrected chi connectivity index (χ2v) is 10.8. The number of halogens is 3. The van der Waals surface area contributed by atoms with Crippen molar-refractivity contribution >= 4 is 40.5 Å². The summed E-state index contributed by atoms with van der Waals surface area (Å²) in [6.07, 6.45) is -3.06. The number of hydrogen-bond acceptors (Lipinski definition) is 9. The highest BCUT2D eigenvalue weighted by Gasteiger charge is 2.50. The van der Waals surface area contributed by atoms with Crippen LogP contribution in [-0.2, 0) is 15.7 Å². The van der Waals surface area contributed by atoms with Crippen LogP contribution < -0.4 is 4.90 Å². The lowest BCUT2D eigenvalue weighted by atomic mass is 9.88. The maximum absolute atomic E-state index is 14.3. The Morgan fingerprint density at radius 1 is 1.22 bits per heavy atom. The number of thiazole rings is 1. The van der Waals surface area contributed by atoms with E-state index in [0.29, 0.717) is 18.1 Å². The summed E-state index contributed by atoms with van der Waals surface area (Å²) < 4.78 is 59.2. The summed E-state index contributed by atoms with van der Waals surface area (Å²) in [6, 6.07) is 0.728. The Morgan fingerprint density at radius 3 is 2.49 bits per heavy atom.